The summed E-state index contributed by atoms with van der Waals surface area (Å²) in [7, 11) is 3.25. The Hall–Kier alpha value is -1.87. The minimum atomic E-state index is -4.41. The molecule has 0 atom stereocenters. The summed E-state index contributed by atoms with van der Waals surface area (Å²) in [4.78, 5) is 4.62. The summed E-state index contributed by atoms with van der Waals surface area (Å²) in [6.45, 7) is 5.37. The maximum atomic E-state index is 13.0. The zero-order valence-electron chi connectivity index (χ0n) is 18.8. The van der Waals surface area contributed by atoms with E-state index in [-0.39, 0.29) is 37.2 Å². The van der Waals surface area contributed by atoms with Gasteiger partial charge in [-0.25, -0.2) is 0 Å². The molecule has 0 bridgehead atoms. The van der Waals surface area contributed by atoms with Gasteiger partial charge in [0, 0.05) is 39.3 Å². The Kier molecular flexibility index (Phi) is 12.1. The van der Waals surface area contributed by atoms with Crippen LogP contribution in [0, 0.1) is 0 Å². The Bertz CT molecular complexity index is 848. The van der Waals surface area contributed by atoms with E-state index in [1.165, 1.54) is 17.7 Å². The minimum absolute atomic E-state index is 0. The fourth-order valence-corrected chi connectivity index (χ4v) is 3.67. The normalized spacial score (nSPS) is 14.7. The number of alkyl halides is 3. The Morgan fingerprint density at radius 3 is 2.00 bits per heavy atom. The van der Waals surface area contributed by atoms with Gasteiger partial charge in [0.1, 0.15) is 12.4 Å². The molecule has 0 aliphatic carbocycles. The first kappa shape index (κ1) is 29.2. The van der Waals surface area contributed by atoms with Gasteiger partial charge in [-0.1, -0.05) is 18.2 Å². The van der Waals surface area contributed by atoms with E-state index >= 15 is 0 Å². The average molecular weight is 511 g/mol. The van der Waals surface area contributed by atoms with Crippen molar-refractivity contribution in [3.63, 3.8) is 0 Å². The van der Waals surface area contributed by atoms with Gasteiger partial charge in [-0.2, -0.15) is 13.2 Å². The van der Waals surface area contributed by atoms with Crippen LogP contribution in [0.25, 0.3) is 0 Å². The van der Waals surface area contributed by atoms with Gasteiger partial charge in [0.05, 0.1) is 19.8 Å². The second-order valence-corrected chi connectivity index (χ2v) is 7.46. The van der Waals surface area contributed by atoms with Crippen molar-refractivity contribution in [3.8, 4) is 17.2 Å². The quantitative estimate of drug-likeness (QED) is 0.483. The van der Waals surface area contributed by atoms with E-state index in [4.69, 9.17) is 14.2 Å². The van der Waals surface area contributed by atoms with Gasteiger partial charge in [0.2, 0.25) is 0 Å². The van der Waals surface area contributed by atoms with E-state index in [0.717, 1.165) is 56.7 Å². The highest BCUT2D eigenvalue weighted by Crippen LogP contribution is 2.35. The standard InChI is InChI=1S/C23H29F3N2O3.2ClH/c1-29-21-8-7-18(17-22(21)30-2)9-10-27-11-13-28(14-12-27)15-16-31-20-6-4-3-5-19(20)23(24,25)26;;/h3-8,17H,9-16H2,1-2H3;2*1H. The molecule has 1 aliphatic heterocycles. The molecular weight excluding hydrogens is 480 g/mol. The Morgan fingerprint density at radius 2 is 1.39 bits per heavy atom. The summed E-state index contributed by atoms with van der Waals surface area (Å²) in [6, 6.07) is 11.3. The highest BCUT2D eigenvalue weighted by Gasteiger charge is 2.34. The van der Waals surface area contributed by atoms with Crippen LogP contribution in [0.3, 0.4) is 0 Å². The molecule has 1 aliphatic rings. The SMILES string of the molecule is COc1ccc(CCN2CCN(CCOc3ccccc3C(F)(F)F)CC2)cc1OC.Cl.Cl. The van der Waals surface area contributed by atoms with E-state index < -0.39 is 11.7 Å². The Morgan fingerprint density at radius 1 is 0.788 bits per heavy atom. The lowest BCUT2D eigenvalue weighted by atomic mass is 10.1. The predicted octanol–water partition coefficient (Wildman–Crippen LogP) is 4.81. The van der Waals surface area contributed by atoms with Crippen LogP contribution in [-0.4, -0.2) is 69.9 Å². The minimum Gasteiger partial charge on any atom is -0.493 e. The summed E-state index contributed by atoms with van der Waals surface area (Å²) >= 11 is 0. The van der Waals surface area contributed by atoms with Crippen molar-refractivity contribution in [3.05, 3.63) is 53.6 Å². The van der Waals surface area contributed by atoms with Crippen molar-refractivity contribution in [1.82, 2.24) is 9.80 Å². The largest absolute Gasteiger partial charge is 0.493 e. The van der Waals surface area contributed by atoms with Crippen LogP contribution in [0.1, 0.15) is 11.1 Å². The third kappa shape index (κ3) is 8.45. The Balaban J connectivity index is 0.00000272. The summed E-state index contributed by atoms with van der Waals surface area (Å²) in [5.74, 6) is 1.35. The molecule has 186 valence electrons. The molecular formula is C23H31Cl2F3N2O3. The molecule has 1 saturated heterocycles. The second-order valence-electron chi connectivity index (χ2n) is 7.46. The number of piperazine rings is 1. The van der Waals surface area contributed by atoms with Gasteiger partial charge in [-0.15, -0.1) is 24.8 Å². The zero-order valence-corrected chi connectivity index (χ0v) is 20.4. The molecule has 10 heteroatoms. The number of rotatable bonds is 9. The number of methoxy groups -OCH3 is 2. The second kappa shape index (κ2) is 13.7. The Labute approximate surface area is 205 Å². The zero-order chi connectivity index (χ0) is 22.3. The lowest BCUT2D eigenvalue weighted by molar-refractivity contribution is -0.139. The lowest BCUT2D eigenvalue weighted by Crippen LogP contribution is -2.47. The molecule has 0 amide bonds. The topological polar surface area (TPSA) is 34.2 Å². The maximum Gasteiger partial charge on any atom is 0.419 e. The highest BCUT2D eigenvalue weighted by molar-refractivity contribution is 5.85. The monoisotopic (exact) mass is 510 g/mol. The number of benzene rings is 2. The molecule has 3 rings (SSSR count). The van der Waals surface area contributed by atoms with Crippen molar-refractivity contribution in [2.75, 3.05) is 60.1 Å². The molecule has 0 N–H and O–H groups in total. The van der Waals surface area contributed by atoms with Crippen LogP contribution in [0.5, 0.6) is 17.2 Å². The average Bonchev–Trinajstić information content (AvgIpc) is 2.78. The number of hydrogen-bond acceptors (Lipinski definition) is 5. The first-order chi connectivity index (χ1) is 14.9. The number of nitrogens with zero attached hydrogens (tertiary/aromatic N) is 2. The fraction of sp³-hybridized carbons (Fsp3) is 0.478. The smallest absolute Gasteiger partial charge is 0.419 e. The molecule has 33 heavy (non-hydrogen) atoms. The summed E-state index contributed by atoms with van der Waals surface area (Å²) in [5, 5.41) is 0. The molecule has 1 fully saturated rings. The molecule has 0 saturated carbocycles. The van der Waals surface area contributed by atoms with E-state index in [2.05, 4.69) is 9.80 Å². The molecule has 0 aromatic heterocycles. The first-order valence-corrected chi connectivity index (χ1v) is 10.4. The van der Waals surface area contributed by atoms with Crippen molar-refractivity contribution in [2.45, 2.75) is 12.6 Å². The third-order valence-corrected chi connectivity index (χ3v) is 5.49. The van der Waals surface area contributed by atoms with Crippen LogP contribution in [0.2, 0.25) is 0 Å². The molecule has 5 nitrogen and oxygen atoms in total. The van der Waals surface area contributed by atoms with E-state index in [1.807, 2.05) is 18.2 Å². The molecule has 2 aromatic carbocycles. The van der Waals surface area contributed by atoms with Crippen LogP contribution in [-0.2, 0) is 12.6 Å². The van der Waals surface area contributed by atoms with Crippen molar-refractivity contribution in [2.24, 2.45) is 0 Å². The maximum absolute atomic E-state index is 13.0. The number of ether oxygens (including phenoxy) is 3. The van der Waals surface area contributed by atoms with Gasteiger partial charge >= 0.3 is 6.18 Å². The highest BCUT2D eigenvalue weighted by atomic mass is 35.5. The molecule has 2 aromatic rings. The van der Waals surface area contributed by atoms with E-state index in [9.17, 15) is 13.2 Å². The fourth-order valence-electron chi connectivity index (χ4n) is 3.67. The van der Waals surface area contributed by atoms with Gasteiger partial charge in [0.25, 0.3) is 0 Å². The molecule has 0 unspecified atom stereocenters. The van der Waals surface area contributed by atoms with Gasteiger partial charge in [-0.05, 0) is 36.2 Å². The summed E-state index contributed by atoms with van der Waals surface area (Å²) in [6.07, 6.45) is -3.49. The van der Waals surface area contributed by atoms with Crippen LogP contribution < -0.4 is 14.2 Å². The van der Waals surface area contributed by atoms with E-state index in [1.54, 1.807) is 20.3 Å². The van der Waals surface area contributed by atoms with E-state index in [0.29, 0.717) is 6.54 Å². The van der Waals surface area contributed by atoms with Crippen LogP contribution in [0.15, 0.2) is 42.5 Å². The lowest BCUT2D eigenvalue weighted by Gasteiger charge is -2.34. The number of halogens is 5. The number of para-hydroxylation sites is 1. The summed E-state index contributed by atoms with van der Waals surface area (Å²) < 4.78 is 55.2. The predicted molar refractivity (Wildman–Crippen MR) is 128 cm³/mol. The first-order valence-electron chi connectivity index (χ1n) is 10.4. The summed E-state index contributed by atoms with van der Waals surface area (Å²) in [5.41, 5.74) is 0.465. The molecule has 1 heterocycles. The number of hydrogen-bond donors (Lipinski definition) is 0. The van der Waals surface area contributed by atoms with Gasteiger partial charge in [-0.3, -0.25) is 4.90 Å². The van der Waals surface area contributed by atoms with Crippen molar-refractivity contribution < 1.29 is 27.4 Å². The third-order valence-electron chi connectivity index (χ3n) is 5.49. The molecule has 0 radical (unpaired) electrons. The van der Waals surface area contributed by atoms with Gasteiger partial charge < -0.3 is 19.1 Å². The van der Waals surface area contributed by atoms with Crippen molar-refractivity contribution in [1.29, 1.82) is 0 Å². The molecule has 0 spiro atoms. The van der Waals surface area contributed by atoms with Crippen LogP contribution in [0.4, 0.5) is 13.2 Å². The van der Waals surface area contributed by atoms with Crippen LogP contribution >= 0.6 is 24.8 Å². The van der Waals surface area contributed by atoms with Gasteiger partial charge in [0.15, 0.2) is 11.5 Å². The van der Waals surface area contributed by atoms with Crippen molar-refractivity contribution >= 4 is 24.8 Å².